The van der Waals surface area contributed by atoms with Crippen molar-refractivity contribution >= 4 is 17.4 Å². The summed E-state index contributed by atoms with van der Waals surface area (Å²) in [6, 6.07) is 4.83. The molecule has 108 valence electrons. The summed E-state index contributed by atoms with van der Waals surface area (Å²) in [6.07, 6.45) is 0. The summed E-state index contributed by atoms with van der Waals surface area (Å²) in [5.74, 6) is 1.24. The van der Waals surface area contributed by atoms with Gasteiger partial charge in [0.05, 0.1) is 5.02 Å². The smallest absolute Gasteiger partial charge is 0.142 e. The summed E-state index contributed by atoms with van der Waals surface area (Å²) in [5, 5.41) is 0.0969. The zero-order valence-electron chi connectivity index (χ0n) is 12.1. The SMILES string of the molecule is CC(C)c1nc(-c2ccc(Cl)c(F)c2)c(N)n1C(C)C. The zero-order chi connectivity index (χ0) is 15.0. The zero-order valence-corrected chi connectivity index (χ0v) is 12.9. The quantitative estimate of drug-likeness (QED) is 0.897. The van der Waals surface area contributed by atoms with Crippen LogP contribution in [0, 0.1) is 5.82 Å². The Hall–Kier alpha value is -1.55. The Morgan fingerprint density at radius 2 is 1.90 bits per heavy atom. The fourth-order valence-corrected chi connectivity index (χ4v) is 2.39. The molecule has 1 aromatic carbocycles. The maximum Gasteiger partial charge on any atom is 0.142 e. The van der Waals surface area contributed by atoms with E-state index >= 15 is 0 Å². The van der Waals surface area contributed by atoms with E-state index < -0.39 is 5.82 Å². The molecule has 3 nitrogen and oxygen atoms in total. The molecule has 0 aliphatic carbocycles. The molecule has 0 radical (unpaired) electrons. The Morgan fingerprint density at radius 3 is 2.35 bits per heavy atom. The largest absolute Gasteiger partial charge is 0.383 e. The van der Waals surface area contributed by atoms with Crippen LogP contribution in [0.4, 0.5) is 10.2 Å². The highest BCUT2D eigenvalue weighted by Gasteiger charge is 2.20. The van der Waals surface area contributed by atoms with Crippen molar-refractivity contribution in [3.8, 4) is 11.3 Å². The van der Waals surface area contributed by atoms with Gasteiger partial charge in [-0.15, -0.1) is 0 Å². The molecule has 5 heteroatoms. The summed E-state index contributed by atoms with van der Waals surface area (Å²) in [6.45, 7) is 8.23. The van der Waals surface area contributed by atoms with Crippen molar-refractivity contribution in [2.75, 3.05) is 5.73 Å². The van der Waals surface area contributed by atoms with E-state index in [-0.39, 0.29) is 17.0 Å². The molecule has 0 aliphatic heterocycles. The van der Waals surface area contributed by atoms with Crippen LogP contribution in [0.25, 0.3) is 11.3 Å². The molecule has 20 heavy (non-hydrogen) atoms. The highest BCUT2D eigenvalue weighted by Crippen LogP contribution is 2.33. The monoisotopic (exact) mass is 295 g/mol. The summed E-state index contributed by atoms with van der Waals surface area (Å²) in [4.78, 5) is 4.60. The minimum atomic E-state index is -0.464. The average Bonchev–Trinajstić information content (AvgIpc) is 2.71. The molecule has 0 atom stereocenters. The molecule has 2 rings (SSSR count). The second kappa shape index (κ2) is 5.44. The summed E-state index contributed by atoms with van der Waals surface area (Å²) >= 11 is 5.71. The van der Waals surface area contributed by atoms with Crippen molar-refractivity contribution in [3.05, 3.63) is 34.9 Å². The molecule has 0 saturated carbocycles. The molecule has 0 amide bonds. The van der Waals surface area contributed by atoms with Crippen molar-refractivity contribution < 1.29 is 4.39 Å². The Balaban J connectivity index is 2.63. The van der Waals surface area contributed by atoms with Gasteiger partial charge in [-0.1, -0.05) is 31.5 Å². The van der Waals surface area contributed by atoms with Crippen LogP contribution >= 0.6 is 11.6 Å². The molecule has 0 saturated heterocycles. The minimum absolute atomic E-state index is 0.0969. The van der Waals surface area contributed by atoms with E-state index in [1.165, 1.54) is 12.1 Å². The van der Waals surface area contributed by atoms with Crippen LogP contribution in [0.2, 0.25) is 5.02 Å². The molecule has 0 spiro atoms. The van der Waals surface area contributed by atoms with Crippen LogP contribution in [0.3, 0.4) is 0 Å². The maximum absolute atomic E-state index is 13.6. The topological polar surface area (TPSA) is 43.8 Å². The van der Waals surface area contributed by atoms with Gasteiger partial charge < -0.3 is 10.3 Å². The summed E-state index contributed by atoms with van der Waals surface area (Å²) in [7, 11) is 0. The first kappa shape index (κ1) is 14.9. The average molecular weight is 296 g/mol. The predicted octanol–water partition coefficient (Wildman–Crippen LogP) is 4.63. The Labute approximate surface area is 123 Å². The maximum atomic E-state index is 13.6. The molecule has 0 unspecified atom stereocenters. The lowest BCUT2D eigenvalue weighted by molar-refractivity contribution is 0.556. The number of hydrogen-bond donors (Lipinski definition) is 1. The van der Waals surface area contributed by atoms with Gasteiger partial charge in [-0.25, -0.2) is 9.37 Å². The third kappa shape index (κ3) is 2.52. The Kier molecular flexibility index (Phi) is 4.04. The van der Waals surface area contributed by atoms with Crippen LogP contribution < -0.4 is 5.73 Å². The van der Waals surface area contributed by atoms with E-state index in [9.17, 15) is 4.39 Å². The molecule has 0 bridgehead atoms. The Morgan fingerprint density at radius 1 is 1.25 bits per heavy atom. The highest BCUT2D eigenvalue weighted by atomic mass is 35.5. The summed E-state index contributed by atoms with van der Waals surface area (Å²) < 4.78 is 15.6. The fourth-order valence-electron chi connectivity index (χ4n) is 2.27. The summed E-state index contributed by atoms with van der Waals surface area (Å²) in [5.41, 5.74) is 7.46. The van der Waals surface area contributed by atoms with E-state index in [0.717, 1.165) is 5.82 Å². The molecule has 2 aromatic rings. The normalized spacial score (nSPS) is 11.6. The number of rotatable bonds is 3. The van der Waals surface area contributed by atoms with Crippen LogP contribution in [0.5, 0.6) is 0 Å². The van der Waals surface area contributed by atoms with Crippen molar-refractivity contribution in [1.82, 2.24) is 9.55 Å². The number of anilines is 1. The van der Waals surface area contributed by atoms with Crippen LogP contribution in [-0.2, 0) is 0 Å². The van der Waals surface area contributed by atoms with E-state index in [1.807, 2.05) is 4.57 Å². The number of hydrogen-bond acceptors (Lipinski definition) is 2. The number of nitrogens with two attached hydrogens (primary N) is 1. The van der Waals surface area contributed by atoms with Gasteiger partial charge >= 0.3 is 0 Å². The standard InChI is InChI=1S/C15H19ClFN3/c1-8(2)15-19-13(14(18)20(15)9(3)4)10-5-6-11(16)12(17)7-10/h5-9H,18H2,1-4H3. The van der Waals surface area contributed by atoms with Crippen molar-refractivity contribution in [2.45, 2.75) is 39.7 Å². The molecule has 1 aromatic heterocycles. The second-order valence-corrected chi connectivity index (χ2v) is 5.86. The van der Waals surface area contributed by atoms with Gasteiger partial charge in [0.2, 0.25) is 0 Å². The lowest BCUT2D eigenvalue weighted by Crippen LogP contribution is -2.10. The number of aromatic nitrogens is 2. The van der Waals surface area contributed by atoms with Gasteiger partial charge in [0.25, 0.3) is 0 Å². The first-order valence-electron chi connectivity index (χ1n) is 6.66. The first-order valence-corrected chi connectivity index (χ1v) is 7.03. The van der Waals surface area contributed by atoms with E-state index in [2.05, 4.69) is 32.7 Å². The second-order valence-electron chi connectivity index (χ2n) is 5.45. The fraction of sp³-hybridized carbons (Fsp3) is 0.400. The van der Waals surface area contributed by atoms with Gasteiger partial charge in [-0.05, 0) is 26.0 Å². The number of benzene rings is 1. The van der Waals surface area contributed by atoms with Gasteiger partial charge in [0.1, 0.15) is 23.2 Å². The Bertz CT molecular complexity index is 632. The number of nitrogens with zero attached hydrogens (tertiary/aromatic N) is 2. The van der Waals surface area contributed by atoms with Crippen LogP contribution in [0.1, 0.15) is 45.5 Å². The lowest BCUT2D eigenvalue weighted by Gasteiger charge is -2.15. The predicted molar refractivity (Wildman–Crippen MR) is 81.5 cm³/mol. The molecule has 2 N–H and O–H groups in total. The van der Waals surface area contributed by atoms with Crippen molar-refractivity contribution in [3.63, 3.8) is 0 Å². The van der Waals surface area contributed by atoms with Crippen molar-refractivity contribution in [1.29, 1.82) is 0 Å². The number of nitrogen functional groups attached to an aromatic ring is 1. The first-order chi connectivity index (χ1) is 9.32. The van der Waals surface area contributed by atoms with Crippen LogP contribution in [-0.4, -0.2) is 9.55 Å². The van der Waals surface area contributed by atoms with E-state index in [4.69, 9.17) is 17.3 Å². The molecule has 0 fully saturated rings. The van der Waals surface area contributed by atoms with Gasteiger partial charge in [-0.2, -0.15) is 0 Å². The van der Waals surface area contributed by atoms with Gasteiger partial charge in [-0.3, -0.25) is 0 Å². The number of imidazole rings is 1. The van der Waals surface area contributed by atoms with E-state index in [1.54, 1.807) is 6.07 Å². The molecule has 1 heterocycles. The lowest BCUT2D eigenvalue weighted by atomic mass is 10.1. The van der Waals surface area contributed by atoms with Crippen molar-refractivity contribution in [2.24, 2.45) is 0 Å². The van der Waals surface area contributed by atoms with Crippen LogP contribution in [0.15, 0.2) is 18.2 Å². The molecular weight excluding hydrogens is 277 g/mol. The van der Waals surface area contributed by atoms with E-state index in [0.29, 0.717) is 17.1 Å². The molecular formula is C15H19ClFN3. The third-order valence-corrected chi connectivity index (χ3v) is 3.51. The van der Waals surface area contributed by atoms with Gasteiger partial charge in [0.15, 0.2) is 0 Å². The minimum Gasteiger partial charge on any atom is -0.383 e. The van der Waals surface area contributed by atoms with Gasteiger partial charge in [0, 0.05) is 17.5 Å². The molecule has 0 aliphatic rings. The number of halogens is 2. The third-order valence-electron chi connectivity index (χ3n) is 3.20. The highest BCUT2D eigenvalue weighted by molar-refractivity contribution is 6.30.